The lowest BCUT2D eigenvalue weighted by Gasteiger charge is -2.15. The highest BCUT2D eigenvalue weighted by Gasteiger charge is 2.07. The van der Waals surface area contributed by atoms with Crippen LogP contribution in [-0.4, -0.2) is 37.6 Å². The number of hydrogen-bond acceptors (Lipinski definition) is 3. The summed E-state index contributed by atoms with van der Waals surface area (Å²) in [6.07, 6.45) is 0.414. The molecule has 68 valence electrons. The number of methoxy groups -OCH3 is 1. The number of aliphatic hydroxyl groups excluding tert-OH is 1. The molecule has 0 aromatic rings. The van der Waals surface area contributed by atoms with Crippen molar-refractivity contribution in [3.05, 3.63) is 0 Å². The summed E-state index contributed by atoms with van der Waals surface area (Å²) in [5.41, 5.74) is 0. The van der Waals surface area contributed by atoms with E-state index in [0.29, 0.717) is 13.2 Å². The molecule has 0 spiro atoms. The number of hydrogen-bond donors (Lipinski definition) is 1. The molecule has 0 aromatic carbocycles. The first-order valence-electron chi connectivity index (χ1n) is 3.97. The molecule has 3 nitrogen and oxygen atoms in total. The van der Waals surface area contributed by atoms with Crippen molar-refractivity contribution < 1.29 is 14.6 Å². The van der Waals surface area contributed by atoms with E-state index in [1.54, 1.807) is 14.0 Å². The van der Waals surface area contributed by atoms with Crippen LogP contribution in [0.15, 0.2) is 0 Å². The lowest BCUT2D eigenvalue weighted by molar-refractivity contribution is -0.0235. The van der Waals surface area contributed by atoms with E-state index in [0.717, 1.165) is 6.42 Å². The molecule has 1 N–H and O–H groups in total. The van der Waals surface area contributed by atoms with E-state index in [9.17, 15) is 0 Å². The Morgan fingerprint density at radius 3 is 2.36 bits per heavy atom. The molecule has 0 radical (unpaired) electrons. The van der Waals surface area contributed by atoms with E-state index >= 15 is 0 Å². The summed E-state index contributed by atoms with van der Waals surface area (Å²) in [5, 5.41) is 9.02. The molecule has 0 saturated carbocycles. The minimum atomic E-state index is -0.391. The zero-order valence-corrected chi connectivity index (χ0v) is 7.54. The molecule has 0 heterocycles. The highest BCUT2D eigenvalue weighted by molar-refractivity contribution is 4.56. The Kier molecular flexibility index (Phi) is 6.51. The van der Waals surface area contributed by atoms with Crippen LogP contribution in [0.1, 0.15) is 20.3 Å². The van der Waals surface area contributed by atoms with Crippen molar-refractivity contribution >= 4 is 0 Å². The van der Waals surface area contributed by atoms with Gasteiger partial charge in [0.05, 0.1) is 12.2 Å². The van der Waals surface area contributed by atoms with Gasteiger partial charge >= 0.3 is 0 Å². The second-order valence-electron chi connectivity index (χ2n) is 2.66. The van der Waals surface area contributed by atoms with E-state index in [1.807, 2.05) is 6.92 Å². The maximum Gasteiger partial charge on any atom is 0.0803 e. The fraction of sp³-hybridized carbons (Fsp3) is 1.00. The molecule has 0 fully saturated rings. The zero-order valence-electron chi connectivity index (χ0n) is 7.54. The number of ether oxygens (including phenoxy) is 2. The average molecular weight is 162 g/mol. The van der Waals surface area contributed by atoms with Crippen LogP contribution in [0, 0.1) is 0 Å². The normalized spacial score (nSPS) is 16.4. The molecule has 0 aliphatic heterocycles. The van der Waals surface area contributed by atoms with Crippen LogP contribution < -0.4 is 0 Å². The Labute approximate surface area is 68.3 Å². The average Bonchev–Trinajstić information content (AvgIpc) is 1.97. The predicted molar refractivity (Wildman–Crippen MR) is 43.6 cm³/mol. The molecule has 11 heavy (non-hydrogen) atoms. The molecule has 0 bridgehead atoms. The zero-order chi connectivity index (χ0) is 8.69. The highest BCUT2D eigenvalue weighted by Crippen LogP contribution is 1.97. The number of rotatable bonds is 6. The second-order valence-corrected chi connectivity index (χ2v) is 2.66. The van der Waals surface area contributed by atoms with Crippen LogP contribution in [0.5, 0.6) is 0 Å². The molecular weight excluding hydrogens is 144 g/mol. The van der Waals surface area contributed by atoms with Gasteiger partial charge in [-0.05, 0) is 20.3 Å². The first-order valence-corrected chi connectivity index (χ1v) is 3.97. The topological polar surface area (TPSA) is 38.7 Å². The quantitative estimate of drug-likeness (QED) is 0.587. The van der Waals surface area contributed by atoms with Crippen molar-refractivity contribution in [1.29, 1.82) is 0 Å². The van der Waals surface area contributed by atoms with Gasteiger partial charge in [-0.1, -0.05) is 0 Å². The van der Waals surface area contributed by atoms with Crippen molar-refractivity contribution in [3.63, 3.8) is 0 Å². The molecule has 3 heteroatoms. The molecule has 0 aliphatic carbocycles. The highest BCUT2D eigenvalue weighted by atomic mass is 16.5. The molecular formula is C8H18O3. The fourth-order valence-electron chi connectivity index (χ4n) is 0.612. The van der Waals surface area contributed by atoms with Crippen LogP contribution >= 0.6 is 0 Å². The minimum absolute atomic E-state index is 0.0770. The van der Waals surface area contributed by atoms with Crippen LogP contribution in [0.2, 0.25) is 0 Å². The van der Waals surface area contributed by atoms with Gasteiger partial charge in [0.1, 0.15) is 0 Å². The van der Waals surface area contributed by atoms with Gasteiger partial charge in [0.15, 0.2) is 0 Å². The molecule has 0 rings (SSSR count). The van der Waals surface area contributed by atoms with E-state index < -0.39 is 6.10 Å². The SMILES string of the molecule is COCCCOC(C)C(C)O. The van der Waals surface area contributed by atoms with Gasteiger partial charge in [0.25, 0.3) is 0 Å². The Hall–Kier alpha value is -0.120. The summed E-state index contributed by atoms with van der Waals surface area (Å²) in [5.74, 6) is 0. The predicted octanol–water partition coefficient (Wildman–Crippen LogP) is 0.809. The lowest BCUT2D eigenvalue weighted by atomic mass is 10.2. The molecule has 0 aliphatic rings. The smallest absolute Gasteiger partial charge is 0.0803 e. The third kappa shape index (κ3) is 6.28. The third-order valence-corrected chi connectivity index (χ3v) is 1.55. The van der Waals surface area contributed by atoms with E-state index in [2.05, 4.69) is 0 Å². The van der Waals surface area contributed by atoms with Gasteiger partial charge in [-0.15, -0.1) is 0 Å². The Balaban J connectivity index is 3.10. The summed E-state index contributed by atoms with van der Waals surface area (Å²) in [4.78, 5) is 0. The third-order valence-electron chi connectivity index (χ3n) is 1.55. The summed E-state index contributed by atoms with van der Waals surface area (Å²) in [6, 6.07) is 0. The Bertz CT molecular complexity index is 83.4. The fourth-order valence-corrected chi connectivity index (χ4v) is 0.612. The largest absolute Gasteiger partial charge is 0.391 e. The van der Waals surface area contributed by atoms with Gasteiger partial charge in [0, 0.05) is 20.3 Å². The maximum absolute atomic E-state index is 9.02. The molecule has 2 atom stereocenters. The summed E-state index contributed by atoms with van der Waals surface area (Å²) >= 11 is 0. The van der Waals surface area contributed by atoms with Crippen molar-refractivity contribution in [2.75, 3.05) is 20.3 Å². The van der Waals surface area contributed by atoms with Gasteiger partial charge < -0.3 is 14.6 Å². The minimum Gasteiger partial charge on any atom is -0.391 e. The van der Waals surface area contributed by atoms with Crippen molar-refractivity contribution in [3.8, 4) is 0 Å². The molecule has 0 aromatic heterocycles. The van der Waals surface area contributed by atoms with E-state index in [4.69, 9.17) is 14.6 Å². The number of aliphatic hydroxyl groups is 1. The molecule has 0 saturated heterocycles. The standard InChI is InChI=1S/C8H18O3/c1-7(9)8(2)11-6-4-5-10-3/h7-9H,4-6H2,1-3H3. The summed E-state index contributed by atoms with van der Waals surface area (Å²) in [6.45, 7) is 4.95. The van der Waals surface area contributed by atoms with E-state index in [1.165, 1.54) is 0 Å². The lowest BCUT2D eigenvalue weighted by Crippen LogP contribution is -2.23. The summed E-state index contributed by atoms with van der Waals surface area (Å²) < 4.78 is 10.1. The second kappa shape index (κ2) is 6.58. The van der Waals surface area contributed by atoms with Crippen LogP contribution in [0.4, 0.5) is 0 Å². The van der Waals surface area contributed by atoms with Crippen molar-refractivity contribution in [2.45, 2.75) is 32.5 Å². The molecule has 0 amide bonds. The van der Waals surface area contributed by atoms with Gasteiger partial charge in [-0.2, -0.15) is 0 Å². The Morgan fingerprint density at radius 2 is 1.91 bits per heavy atom. The molecule has 2 unspecified atom stereocenters. The summed E-state index contributed by atoms with van der Waals surface area (Å²) in [7, 11) is 1.66. The first-order chi connectivity index (χ1) is 5.18. The van der Waals surface area contributed by atoms with Crippen molar-refractivity contribution in [1.82, 2.24) is 0 Å². The van der Waals surface area contributed by atoms with Gasteiger partial charge in [-0.3, -0.25) is 0 Å². The Morgan fingerprint density at radius 1 is 1.27 bits per heavy atom. The first kappa shape index (κ1) is 10.9. The maximum atomic E-state index is 9.02. The van der Waals surface area contributed by atoms with E-state index in [-0.39, 0.29) is 6.10 Å². The monoisotopic (exact) mass is 162 g/mol. The van der Waals surface area contributed by atoms with Gasteiger partial charge in [-0.25, -0.2) is 0 Å². The van der Waals surface area contributed by atoms with Crippen molar-refractivity contribution in [2.24, 2.45) is 0 Å². The van der Waals surface area contributed by atoms with Gasteiger partial charge in [0.2, 0.25) is 0 Å². The van der Waals surface area contributed by atoms with Crippen LogP contribution in [0.3, 0.4) is 0 Å². The van der Waals surface area contributed by atoms with Crippen LogP contribution in [-0.2, 0) is 9.47 Å². The van der Waals surface area contributed by atoms with Crippen LogP contribution in [0.25, 0.3) is 0 Å².